The maximum Gasteiger partial charge on any atom is 0.258 e. The van der Waals surface area contributed by atoms with Crippen molar-refractivity contribution in [1.29, 1.82) is 0 Å². The number of aliphatic hydroxyl groups is 1. The Labute approximate surface area is 148 Å². The molecule has 0 aromatic heterocycles. The molecule has 2 amide bonds. The largest absolute Gasteiger partial charge is 0.395 e. The maximum atomic E-state index is 12.6. The van der Waals surface area contributed by atoms with E-state index in [4.69, 9.17) is 5.11 Å². The minimum absolute atomic E-state index is 0.0402. The van der Waals surface area contributed by atoms with Crippen LogP contribution in [0.25, 0.3) is 6.08 Å². The molecule has 0 saturated heterocycles. The first-order valence-corrected chi connectivity index (χ1v) is 9.19. The second-order valence-corrected chi connectivity index (χ2v) is 6.90. The number of benzene rings is 1. The van der Waals surface area contributed by atoms with E-state index in [9.17, 15) is 9.59 Å². The normalized spacial score (nSPS) is 17.7. The van der Waals surface area contributed by atoms with Gasteiger partial charge in [-0.25, -0.2) is 0 Å². The molecule has 0 unspecified atom stereocenters. The third kappa shape index (κ3) is 4.28. The molecular weight excluding hydrogens is 316 g/mol. The molecule has 0 bridgehead atoms. The first-order valence-electron chi connectivity index (χ1n) is 9.19. The molecule has 1 aromatic rings. The molecule has 2 aliphatic rings. The van der Waals surface area contributed by atoms with Gasteiger partial charge in [-0.2, -0.15) is 0 Å². The van der Waals surface area contributed by atoms with Crippen molar-refractivity contribution in [1.82, 2.24) is 10.2 Å². The standard InChI is InChI=1S/C20H26N2O3/c23-13-12-22-11-10-17-16(14-22)8-5-9-18(17)20(25)21-19(24)15-6-3-1-2-4-7-15/h5,8-11,15,23H,1-4,6-7,12-14H2,(H,21,24,25). The molecule has 1 aliphatic heterocycles. The van der Waals surface area contributed by atoms with Gasteiger partial charge < -0.3 is 10.0 Å². The molecule has 2 N–H and O–H groups in total. The zero-order valence-electron chi connectivity index (χ0n) is 14.5. The highest BCUT2D eigenvalue weighted by Gasteiger charge is 2.24. The van der Waals surface area contributed by atoms with E-state index >= 15 is 0 Å². The summed E-state index contributed by atoms with van der Waals surface area (Å²) < 4.78 is 0. The smallest absolute Gasteiger partial charge is 0.258 e. The minimum atomic E-state index is -0.314. The van der Waals surface area contributed by atoms with Gasteiger partial charge in [0, 0.05) is 30.8 Å². The zero-order valence-corrected chi connectivity index (χ0v) is 14.5. The number of carbonyl (C=O) groups excluding carboxylic acids is 2. The van der Waals surface area contributed by atoms with Crippen molar-refractivity contribution in [3.05, 3.63) is 41.1 Å². The third-order valence-corrected chi connectivity index (χ3v) is 5.12. The summed E-state index contributed by atoms with van der Waals surface area (Å²) in [6.07, 6.45) is 10.0. The Balaban J connectivity index is 1.71. The van der Waals surface area contributed by atoms with Crippen LogP contribution in [0.5, 0.6) is 0 Å². The molecule has 1 fully saturated rings. The summed E-state index contributed by atoms with van der Waals surface area (Å²) in [5.74, 6) is -0.487. The fourth-order valence-corrected chi connectivity index (χ4v) is 3.70. The van der Waals surface area contributed by atoms with Gasteiger partial charge in [-0.3, -0.25) is 14.9 Å². The van der Waals surface area contributed by atoms with Gasteiger partial charge in [-0.1, -0.05) is 37.8 Å². The molecule has 0 spiro atoms. The lowest BCUT2D eigenvalue weighted by Gasteiger charge is -2.25. The molecule has 0 radical (unpaired) electrons. The quantitative estimate of drug-likeness (QED) is 0.652. The highest BCUT2D eigenvalue weighted by atomic mass is 16.3. The van der Waals surface area contributed by atoms with Crippen LogP contribution in [0.4, 0.5) is 0 Å². The number of rotatable bonds is 4. The van der Waals surface area contributed by atoms with Crippen molar-refractivity contribution in [3.63, 3.8) is 0 Å². The second-order valence-electron chi connectivity index (χ2n) is 6.90. The van der Waals surface area contributed by atoms with Gasteiger partial charge in [-0.15, -0.1) is 0 Å². The fourth-order valence-electron chi connectivity index (χ4n) is 3.70. The van der Waals surface area contributed by atoms with Gasteiger partial charge in [0.25, 0.3) is 5.91 Å². The summed E-state index contributed by atoms with van der Waals surface area (Å²) in [5.41, 5.74) is 2.44. The van der Waals surface area contributed by atoms with Crippen LogP contribution in [0.15, 0.2) is 24.4 Å². The van der Waals surface area contributed by atoms with E-state index in [0.717, 1.165) is 36.8 Å². The molecule has 5 heteroatoms. The van der Waals surface area contributed by atoms with E-state index in [-0.39, 0.29) is 24.3 Å². The average molecular weight is 342 g/mol. The van der Waals surface area contributed by atoms with E-state index < -0.39 is 0 Å². The van der Waals surface area contributed by atoms with E-state index in [1.807, 2.05) is 29.3 Å². The number of nitrogens with zero attached hydrogens (tertiary/aromatic N) is 1. The highest BCUT2D eigenvalue weighted by molar-refractivity contribution is 6.07. The van der Waals surface area contributed by atoms with Crippen LogP contribution in [-0.4, -0.2) is 35.0 Å². The van der Waals surface area contributed by atoms with Crippen LogP contribution < -0.4 is 5.32 Å². The first kappa shape index (κ1) is 17.7. The summed E-state index contributed by atoms with van der Waals surface area (Å²) in [6, 6.07) is 5.59. The second kappa shape index (κ2) is 8.30. The lowest BCUT2D eigenvalue weighted by Crippen LogP contribution is -2.36. The van der Waals surface area contributed by atoms with Crippen LogP contribution in [-0.2, 0) is 11.3 Å². The van der Waals surface area contributed by atoms with Gasteiger partial charge in [0.2, 0.25) is 5.91 Å². The van der Waals surface area contributed by atoms with Gasteiger partial charge in [0.15, 0.2) is 0 Å². The Hall–Kier alpha value is -2.14. The summed E-state index contributed by atoms with van der Waals surface area (Å²) in [6.45, 7) is 1.31. The number of nitrogens with one attached hydrogen (secondary N) is 1. The lowest BCUT2D eigenvalue weighted by atomic mass is 9.96. The summed E-state index contributed by atoms with van der Waals surface area (Å²) in [7, 11) is 0. The van der Waals surface area contributed by atoms with Crippen LogP contribution in [0.1, 0.15) is 60.0 Å². The predicted molar refractivity (Wildman–Crippen MR) is 96.6 cm³/mol. The number of fused-ring (bicyclic) bond motifs is 1. The number of amides is 2. The number of carbonyl (C=O) groups is 2. The lowest BCUT2D eigenvalue weighted by molar-refractivity contribution is -0.124. The molecule has 3 rings (SSSR count). The molecular formula is C20H26N2O3. The Morgan fingerprint density at radius 3 is 2.64 bits per heavy atom. The maximum absolute atomic E-state index is 12.6. The van der Waals surface area contributed by atoms with Crippen molar-refractivity contribution in [3.8, 4) is 0 Å². The molecule has 0 atom stereocenters. The molecule has 1 heterocycles. The van der Waals surface area contributed by atoms with Crippen molar-refractivity contribution in [2.24, 2.45) is 5.92 Å². The number of aliphatic hydroxyl groups excluding tert-OH is 1. The van der Waals surface area contributed by atoms with Gasteiger partial charge in [0.05, 0.1) is 6.61 Å². The molecule has 1 aliphatic carbocycles. The van der Waals surface area contributed by atoms with Gasteiger partial charge in [-0.05, 0) is 36.1 Å². The Morgan fingerprint density at radius 1 is 1.16 bits per heavy atom. The minimum Gasteiger partial charge on any atom is -0.395 e. The number of imide groups is 1. The van der Waals surface area contributed by atoms with Crippen LogP contribution in [0.3, 0.4) is 0 Å². The number of hydrogen-bond donors (Lipinski definition) is 2. The molecule has 1 saturated carbocycles. The van der Waals surface area contributed by atoms with Crippen molar-refractivity contribution >= 4 is 17.9 Å². The van der Waals surface area contributed by atoms with Crippen LogP contribution in [0.2, 0.25) is 0 Å². The summed E-state index contributed by atoms with van der Waals surface area (Å²) in [4.78, 5) is 27.1. The van der Waals surface area contributed by atoms with Crippen LogP contribution >= 0.6 is 0 Å². The van der Waals surface area contributed by atoms with Crippen molar-refractivity contribution in [2.45, 2.75) is 45.1 Å². The Bertz CT molecular complexity index is 661. The summed E-state index contributed by atoms with van der Waals surface area (Å²) >= 11 is 0. The zero-order chi connectivity index (χ0) is 17.6. The van der Waals surface area contributed by atoms with E-state index in [0.29, 0.717) is 18.7 Å². The number of β-amino-alcohol motifs (C(OH)–C–C–N with tert-alkyl or cyclic N) is 1. The van der Waals surface area contributed by atoms with E-state index in [1.165, 1.54) is 12.8 Å². The molecule has 25 heavy (non-hydrogen) atoms. The molecule has 134 valence electrons. The molecule has 1 aromatic carbocycles. The Kier molecular flexibility index (Phi) is 5.87. The molecule has 5 nitrogen and oxygen atoms in total. The highest BCUT2D eigenvalue weighted by Crippen LogP contribution is 2.25. The third-order valence-electron chi connectivity index (χ3n) is 5.12. The average Bonchev–Trinajstić information content (AvgIpc) is 2.90. The topological polar surface area (TPSA) is 69.6 Å². The first-order chi connectivity index (χ1) is 12.2. The fraction of sp³-hybridized carbons (Fsp3) is 0.500. The SMILES string of the molecule is O=C(NC(=O)C1CCCCCC1)c1cccc2c1C=CN(CCO)C2. The van der Waals surface area contributed by atoms with Gasteiger partial charge in [0.1, 0.15) is 0 Å². The van der Waals surface area contributed by atoms with Crippen molar-refractivity contribution in [2.75, 3.05) is 13.2 Å². The van der Waals surface area contributed by atoms with E-state index in [2.05, 4.69) is 5.32 Å². The summed E-state index contributed by atoms with van der Waals surface area (Å²) in [5, 5.41) is 11.7. The number of hydrogen-bond acceptors (Lipinski definition) is 4. The van der Waals surface area contributed by atoms with Crippen LogP contribution in [0, 0.1) is 5.92 Å². The Morgan fingerprint density at radius 2 is 1.92 bits per heavy atom. The van der Waals surface area contributed by atoms with Gasteiger partial charge >= 0.3 is 0 Å². The van der Waals surface area contributed by atoms with E-state index in [1.54, 1.807) is 6.07 Å². The van der Waals surface area contributed by atoms with Crippen molar-refractivity contribution < 1.29 is 14.7 Å². The predicted octanol–water partition coefficient (Wildman–Crippen LogP) is 2.69. The monoisotopic (exact) mass is 342 g/mol.